The lowest BCUT2D eigenvalue weighted by molar-refractivity contribution is -0.145. The number of hydrogen-bond donors (Lipinski definition) is 1. The highest BCUT2D eigenvalue weighted by Crippen LogP contribution is 2.17. The summed E-state index contributed by atoms with van der Waals surface area (Å²) in [6.45, 7) is 5.89. The van der Waals surface area contributed by atoms with E-state index in [1.165, 1.54) is 12.8 Å². The van der Waals surface area contributed by atoms with E-state index >= 15 is 0 Å². The van der Waals surface area contributed by atoms with Crippen molar-refractivity contribution >= 4 is 5.97 Å². The van der Waals surface area contributed by atoms with Gasteiger partial charge in [-0.15, -0.1) is 0 Å². The lowest BCUT2D eigenvalue weighted by Gasteiger charge is -2.29. The van der Waals surface area contributed by atoms with Crippen molar-refractivity contribution in [2.24, 2.45) is 5.92 Å². The molecule has 0 bridgehead atoms. The third kappa shape index (κ3) is 2.98. The van der Waals surface area contributed by atoms with Crippen molar-refractivity contribution in [1.29, 1.82) is 0 Å². The van der Waals surface area contributed by atoms with Crippen LogP contribution in [0.5, 0.6) is 0 Å². The molecule has 1 atom stereocenters. The zero-order chi connectivity index (χ0) is 10.6. The first kappa shape index (κ1) is 11.5. The van der Waals surface area contributed by atoms with Crippen LogP contribution in [-0.2, 0) is 4.79 Å². The Bertz CT molecular complexity index is 184. The Morgan fingerprint density at radius 1 is 1.14 bits per heavy atom. The lowest BCUT2D eigenvalue weighted by atomic mass is 10.0. The predicted octanol–water partition coefficient (Wildman–Crippen LogP) is 1.97. The number of carbonyl (C=O) groups is 1. The van der Waals surface area contributed by atoms with Crippen molar-refractivity contribution in [3.8, 4) is 0 Å². The Morgan fingerprint density at radius 3 is 2.00 bits per heavy atom. The van der Waals surface area contributed by atoms with E-state index in [2.05, 4.69) is 4.90 Å². The summed E-state index contributed by atoms with van der Waals surface area (Å²) in [5.74, 6) is -0.465. The minimum atomic E-state index is -0.665. The molecule has 0 radical (unpaired) electrons. The number of hydrogen-bond acceptors (Lipinski definition) is 2. The highest BCUT2D eigenvalue weighted by Gasteiger charge is 2.28. The van der Waals surface area contributed by atoms with Crippen molar-refractivity contribution in [2.45, 2.75) is 45.6 Å². The molecule has 0 aromatic carbocycles. The monoisotopic (exact) mass is 199 g/mol. The van der Waals surface area contributed by atoms with Gasteiger partial charge in [0.2, 0.25) is 0 Å². The molecule has 0 amide bonds. The van der Waals surface area contributed by atoms with E-state index in [9.17, 15) is 4.79 Å². The normalized spacial score (nSPS) is 21.9. The van der Waals surface area contributed by atoms with Crippen LogP contribution in [0.2, 0.25) is 0 Å². The second-order valence-electron chi connectivity index (χ2n) is 4.48. The van der Waals surface area contributed by atoms with Crippen LogP contribution in [0.15, 0.2) is 0 Å². The zero-order valence-corrected chi connectivity index (χ0v) is 9.20. The highest BCUT2D eigenvalue weighted by atomic mass is 16.4. The molecule has 0 saturated carbocycles. The number of likely N-dealkylation sites (tertiary alicyclic amines) is 1. The van der Waals surface area contributed by atoms with Gasteiger partial charge in [0.05, 0.1) is 0 Å². The second-order valence-corrected chi connectivity index (χ2v) is 4.48. The smallest absolute Gasteiger partial charge is 0.321 e. The first-order valence-corrected chi connectivity index (χ1v) is 5.60. The van der Waals surface area contributed by atoms with E-state index in [4.69, 9.17) is 5.11 Å². The molecule has 1 saturated heterocycles. The minimum Gasteiger partial charge on any atom is -0.480 e. The fourth-order valence-electron chi connectivity index (χ4n) is 2.24. The Morgan fingerprint density at radius 2 is 1.64 bits per heavy atom. The van der Waals surface area contributed by atoms with Crippen molar-refractivity contribution in [1.82, 2.24) is 4.90 Å². The molecule has 1 aliphatic rings. The van der Waals surface area contributed by atoms with Gasteiger partial charge in [0.25, 0.3) is 0 Å². The van der Waals surface area contributed by atoms with Gasteiger partial charge in [-0.05, 0) is 31.8 Å². The number of carboxylic acids is 1. The van der Waals surface area contributed by atoms with Gasteiger partial charge in [-0.3, -0.25) is 9.69 Å². The molecule has 0 spiro atoms. The minimum absolute atomic E-state index is 0.200. The van der Waals surface area contributed by atoms with Gasteiger partial charge >= 0.3 is 5.97 Å². The molecule has 0 aliphatic carbocycles. The molecule has 0 aromatic heterocycles. The van der Waals surface area contributed by atoms with E-state index in [0.717, 1.165) is 25.9 Å². The van der Waals surface area contributed by atoms with Gasteiger partial charge in [0.1, 0.15) is 6.04 Å². The van der Waals surface area contributed by atoms with E-state index in [0.29, 0.717) is 0 Å². The van der Waals surface area contributed by atoms with Crippen LogP contribution in [-0.4, -0.2) is 35.1 Å². The SMILES string of the molecule is CC(C)[C@@H](C(=O)O)N1CCCCCC1. The van der Waals surface area contributed by atoms with E-state index in [1.807, 2.05) is 13.8 Å². The molecule has 1 heterocycles. The molecule has 82 valence electrons. The second kappa shape index (κ2) is 5.35. The molecule has 1 fully saturated rings. The maximum absolute atomic E-state index is 11.1. The van der Waals surface area contributed by atoms with Crippen LogP contribution >= 0.6 is 0 Å². The van der Waals surface area contributed by atoms with Crippen molar-refractivity contribution in [3.05, 3.63) is 0 Å². The molecule has 3 nitrogen and oxygen atoms in total. The maximum Gasteiger partial charge on any atom is 0.321 e. The molecule has 3 heteroatoms. The quantitative estimate of drug-likeness (QED) is 0.755. The Labute approximate surface area is 86.1 Å². The fraction of sp³-hybridized carbons (Fsp3) is 0.909. The molecular weight excluding hydrogens is 178 g/mol. The van der Waals surface area contributed by atoms with Crippen LogP contribution in [0.3, 0.4) is 0 Å². The zero-order valence-electron chi connectivity index (χ0n) is 9.20. The van der Waals surface area contributed by atoms with Crippen LogP contribution in [0.25, 0.3) is 0 Å². The molecular formula is C11H21NO2. The number of rotatable bonds is 3. The average molecular weight is 199 g/mol. The van der Waals surface area contributed by atoms with Gasteiger partial charge in [0, 0.05) is 0 Å². The van der Waals surface area contributed by atoms with Gasteiger partial charge in [-0.25, -0.2) is 0 Å². The molecule has 1 N–H and O–H groups in total. The van der Waals surface area contributed by atoms with Gasteiger partial charge in [0.15, 0.2) is 0 Å². The van der Waals surface area contributed by atoms with Crippen molar-refractivity contribution in [2.75, 3.05) is 13.1 Å². The largest absolute Gasteiger partial charge is 0.480 e. The van der Waals surface area contributed by atoms with E-state index in [1.54, 1.807) is 0 Å². The Hall–Kier alpha value is -0.570. The summed E-state index contributed by atoms with van der Waals surface area (Å²) in [5.41, 5.74) is 0. The average Bonchev–Trinajstić information content (AvgIpc) is 2.31. The van der Waals surface area contributed by atoms with Crippen molar-refractivity contribution < 1.29 is 9.90 Å². The summed E-state index contributed by atoms with van der Waals surface area (Å²) < 4.78 is 0. The number of nitrogens with zero attached hydrogens (tertiary/aromatic N) is 1. The highest BCUT2D eigenvalue weighted by molar-refractivity contribution is 5.73. The third-order valence-corrected chi connectivity index (χ3v) is 2.92. The fourth-order valence-corrected chi connectivity index (χ4v) is 2.24. The first-order valence-electron chi connectivity index (χ1n) is 5.60. The summed E-state index contributed by atoms with van der Waals surface area (Å²) in [5, 5.41) is 9.15. The van der Waals surface area contributed by atoms with Gasteiger partial charge in [-0.1, -0.05) is 26.7 Å². The van der Waals surface area contributed by atoms with E-state index < -0.39 is 5.97 Å². The van der Waals surface area contributed by atoms with Crippen LogP contribution in [0.1, 0.15) is 39.5 Å². The Balaban J connectivity index is 2.60. The van der Waals surface area contributed by atoms with Crippen LogP contribution in [0.4, 0.5) is 0 Å². The summed E-state index contributed by atoms with van der Waals surface area (Å²) in [6.07, 6.45) is 4.80. The molecule has 1 rings (SSSR count). The molecule has 0 unspecified atom stereocenters. The van der Waals surface area contributed by atoms with Crippen molar-refractivity contribution in [3.63, 3.8) is 0 Å². The summed E-state index contributed by atoms with van der Waals surface area (Å²) in [7, 11) is 0. The van der Waals surface area contributed by atoms with Crippen LogP contribution < -0.4 is 0 Å². The summed E-state index contributed by atoms with van der Waals surface area (Å²) in [4.78, 5) is 13.2. The molecule has 1 aliphatic heterocycles. The molecule has 0 aromatic rings. The predicted molar refractivity (Wildman–Crippen MR) is 56.3 cm³/mol. The molecule has 14 heavy (non-hydrogen) atoms. The standard InChI is InChI=1S/C11H21NO2/c1-9(2)10(11(13)14)12-7-5-3-4-6-8-12/h9-10H,3-8H2,1-2H3,(H,13,14)/t10-/m0/s1. The number of aliphatic carboxylic acids is 1. The lowest BCUT2D eigenvalue weighted by Crippen LogP contribution is -2.45. The van der Waals surface area contributed by atoms with E-state index in [-0.39, 0.29) is 12.0 Å². The summed E-state index contributed by atoms with van der Waals surface area (Å²) in [6, 6.07) is -0.284. The first-order chi connectivity index (χ1) is 6.63. The van der Waals surface area contributed by atoms with Gasteiger partial charge in [-0.2, -0.15) is 0 Å². The Kier molecular flexibility index (Phi) is 4.39. The van der Waals surface area contributed by atoms with Gasteiger partial charge < -0.3 is 5.11 Å². The van der Waals surface area contributed by atoms with Crippen LogP contribution in [0, 0.1) is 5.92 Å². The number of carboxylic acid groups (broad SMARTS) is 1. The maximum atomic E-state index is 11.1. The summed E-state index contributed by atoms with van der Waals surface area (Å²) >= 11 is 0. The third-order valence-electron chi connectivity index (χ3n) is 2.92. The topological polar surface area (TPSA) is 40.5 Å².